The second-order valence-corrected chi connectivity index (χ2v) is 8.11. The van der Waals surface area contributed by atoms with Crippen LogP contribution >= 0.6 is 0 Å². The van der Waals surface area contributed by atoms with Gasteiger partial charge in [-0.25, -0.2) is 0 Å². The summed E-state index contributed by atoms with van der Waals surface area (Å²) in [5.74, 6) is 0.727. The number of carbonyl (C=O) groups excluding carboxylic acids is 2. The van der Waals surface area contributed by atoms with E-state index in [0.29, 0.717) is 24.3 Å². The fourth-order valence-corrected chi connectivity index (χ4v) is 2.78. The summed E-state index contributed by atoms with van der Waals surface area (Å²) >= 11 is 0. The summed E-state index contributed by atoms with van der Waals surface area (Å²) in [6, 6.07) is 6.62. The van der Waals surface area contributed by atoms with Gasteiger partial charge in [-0.05, 0) is 90.0 Å². The van der Waals surface area contributed by atoms with Gasteiger partial charge >= 0.3 is 11.9 Å². The van der Waals surface area contributed by atoms with Crippen molar-refractivity contribution in [2.45, 2.75) is 79.6 Å². The van der Waals surface area contributed by atoms with Gasteiger partial charge in [-0.1, -0.05) is 30.2 Å². The lowest BCUT2D eigenvalue weighted by Gasteiger charge is -2.10. The molecule has 0 heterocycles. The zero-order valence-corrected chi connectivity index (χ0v) is 18.6. The molecule has 29 heavy (non-hydrogen) atoms. The first-order chi connectivity index (χ1) is 13.8. The van der Waals surface area contributed by atoms with Gasteiger partial charge in [-0.3, -0.25) is 9.59 Å². The Morgan fingerprint density at radius 2 is 1.34 bits per heavy atom. The summed E-state index contributed by atoms with van der Waals surface area (Å²) < 4.78 is 10.7. The van der Waals surface area contributed by atoms with Crippen LogP contribution in [0.25, 0.3) is 0 Å². The van der Waals surface area contributed by atoms with Gasteiger partial charge in [0, 0.05) is 12.8 Å². The van der Waals surface area contributed by atoms with Crippen molar-refractivity contribution in [1.82, 2.24) is 0 Å². The first-order valence-electron chi connectivity index (χ1n) is 10.5. The molecule has 0 saturated heterocycles. The zero-order valence-electron chi connectivity index (χ0n) is 18.6. The molecule has 0 N–H and O–H groups in total. The zero-order chi connectivity index (χ0) is 21.6. The molecule has 1 rings (SSSR count). The molecule has 0 aromatic heterocycles. The molecule has 4 heteroatoms. The Morgan fingerprint density at radius 3 is 1.90 bits per heavy atom. The standard InChI is InChI=1S/C25H36O4/c1-19(2)10-7-6-8-13-24(26)28-22-14-16-23(17-15-22)29-25(27)18-21(5)12-9-11-20(3)4/h10-11,14-17,21H,6-9,12-13,18H2,1-5H3. The topological polar surface area (TPSA) is 52.6 Å². The van der Waals surface area contributed by atoms with E-state index in [2.05, 4.69) is 46.8 Å². The van der Waals surface area contributed by atoms with Gasteiger partial charge in [0.25, 0.3) is 0 Å². The Morgan fingerprint density at radius 1 is 0.828 bits per heavy atom. The molecule has 0 amide bonds. The lowest BCUT2D eigenvalue weighted by molar-refractivity contribution is -0.136. The van der Waals surface area contributed by atoms with Crippen LogP contribution < -0.4 is 9.47 Å². The molecular formula is C25H36O4. The van der Waals surface area contributed by atoms with Crippen LogP contribution in [0, 0.1) is 5.92 Å². The lowest BCUT2D eigenvalue weighted by atomic mass is 10.0. The van der Waals surface area contributed by atoms with Crippen molar-refractivity contribution in [1.29, 1.82) is 0 Å². The summed E-state index contributed by atoms with van der Waals surface area (Å²) in [6.45, 7) is 10.4. The summed E-state index contributed by atoms with van der Waals surface area (Å²) in [6.07, 6.45) is 9.86. The fraction of sp³-hybridized carbons (Fsp3) is 0.520. The lowest BCUT2D eigenvalue weighted by Crippen LogP contribution is -2.12. The third-order valence-corrected chi connectivity index (χ3v) is 4.40. The van der Waals surface area contributed by atoms with E-state index in [9.17, 15) is 9.59 Å². The molecule has 0 radical (unpaired) electrons. The molecule has 0 aliphatic heterocycles. The van der Waals surface area contributed by atoms with Crippen LogP contribution in [0.2, 0.25) is 0 Å². The van der Waals surface area contributed by atoms with Crippen molar-refractivity contribution >= 4 is 11.9 Å². The highest BCUT2D eigenvalue weighted by Gasteiger charge is 2.11. The normalized spacial score (nSPS) is 11.3. The number of allylic oxidation sites excluding steroid dienone is 4. The number of benzene rings is 1. The van der Waals surface area contributed by atoms with Gasteiger partial charge in [0.05, 0.1) is 0 Å². The highest BCUT2D eigenvalue weighted by Crippen LogP contribution is 2.20. The molecule has 1 atom stereocenters. The quantitative estimate of drug-likeness (QED) is 0.168. The molecule has 0 spiro atoms. The monoisotopic (exact) mass is 400 g/mol. The molecule has 0 saturated carbocycles. The molecule has 4 nitrogen and oxygen atoms in total. The van der Waals surface area contributed by atoms with E-state index in [4.69, 9.17) is 9.47 Å². The number of ether oxygens (including phenoxy) is 2. The number of rotatable bonds is 12. The molecule has 0 aliphatic rings. The Hall–Kier alpha value is -2.36. The van der Waals surface area contributed by atoms with Gasteiger partial charge in [0.15, 0.2) is 0 Å². The molecule has 1 aromatic carbocycles. The summed E-state index contributed by atoms with van der Waals surface area (Å²) in [5.41, 5.74) is 2.59. The summed E-state index contributed by atoms with van der Waals surface area (Å²) in [7, 11) is 0. The smallest absolute Gasteiger partial charge is 0.311 e. The van der Waals surface area contributed by atoms with Gasteiger partial charge in [-0.15, -0.1) is 0 Å². The van der Waals surface area contributed by atoms with E-state index < -0.39 is 0 Å². The number of hydrogen-bond acceptors (Lipinski definition) is 4. The molecule has 0 aliphatic carbocycles. The van der Waals surface area contributed by atoms with Crippen LogP contribution in [0.15, 0.2) is 47.6 Å². The van der Waals surface area contributed by atoms with Crippen molar-refractivity contribution in [2.24, 2.45) is 5.92 Å². The van der Waals surface area contributed by atoms with Crippen LogP contribution in [-0.2, 0) is 9.59 Å². The van der Waals surface area contributed by atoms with Crippen molar-refractivity contribution in [3.8, 4) is 11.5 Å². The van der Waals surface area contributed by atoms with E-state index in [1.807, 2.05) is 0 Å². The highest BCUT2D eigenvalue weighted by atomic mass is 16.5. The van der Waals surface area contributed by atoms with E-state index in [1.54, 1.807) is 24.3 Å². The first kappa shape index (κ1) is 24.7. The molecule has 1 aromatic rings. The maximum absolute atomic E-state index is 12.1. The van der Waals surface area contributed by atoms with Crippen LogP contribution in [0.1, 0.15) is 79.6 Å². The molecule has 160 valence electrons. The molecule has 0 fully saturated rings. The first-order valence-corrected chi connectivity index (χ1v) is 10.5. The van der Waals surface area contributed by atoms with Crippen molar-refractivity contribution in [2.75, 3.05) is 0 Å². The van der Waals surface area contributed by atoms with Gasteiger partial charge in [-0.2, -0.15) is 0 Å². The molecular weight excluding hydrogens is 364 g/mol. The van der Waals surface area contributed by atoms with E-state index in [1.165, 1.54) is 11.1 Å². The number of esters is 2. The van der Waals surface area contributed by atoms with Crippen LogP contribution in [0.5, 0.6) is 11.5 Å². The maximum Gasteiger partial charge on any atom is 0.311 e. The third-order valence-electron chi connectivity index (χ3n) is 4.40. The molecule has 0 bridgehead atoms. The largest absolute Gasteiger partial charge is 0.427 e. The Kier molecular flexibility index (Phi) is 11.7. The number of unbranched alkanes of at least 4 members (excludes halogenated alkanes) is 2. The van der Waals surface area contributed by atoms with Crippen LogP contribution in [0.4, 0.5) is 0 Å². The van der Waals surface area contributed by atoms with Crippen molar-refractivity contribution in [3.05, 3.63) is 47.6 Å². The minimum Gasteiger partial charge on any atom is -0.427 e. The van der Waals surface area contributed by atoms with Crippen LogP contribution in [0.3, 0.4) is 0 Å². The Labute approximate surface area is 176 Å². The van der Waals surface area contributed by atoms with Crippen molar-refractivity contribution < 1.29 is 19.1 Å². The van der Waals surface area contributed by atoms with Gasteiger partial charge < -0.3 is 9.47 Å². The molecule has 1 unspecified atom stereocenters. The van der Waals surface area contributed by atoms with Crippen molar-refractivity contribution in [3.63, 3.8) is 0 Å². The van der Waals surface area contributed by atoms with E-state index in [0.717, 1.165) is 32.1 Å². The van der Waals surface area contributed by atoms with E-state index >= 15 is 0 Å². The second kappa shape index (κ2) is 13.8. The maximum atomic E-state index is 12.1. The summed E-state index contributed by atoms with van der Waals surface area (Å²) in [5, 5.41) is 0. The minimum absolute atomic E-state index is 0.239. The fourth-order valence-electron chi connectivity index (χ4n) is 2.78. The number of carbonyl (C=O) groups is 2. The third kappa shape index (κ3) is 12.7. The van der Waals surface area contributed by atoms with Gasteiger partial charge in [0.2, 0.25) is 0 Å². The average molecular weight is 401 g/mol. The minimum atomic E-state index is -0.240. The number of hydrogen-bond donors (Lipinski definition) is 0. The van der Waals surface area contributed by atoms with E-state index in [-0.39, 0.29) is 17.9 Å². The average Bonchev–Trinajstić information content (AvgIpc) is 2.62. The highest BCUT2D eigenvalue weighted by molar-refractivity contribution is 5.73. The van der Waals surface area contributed by atoms with Crippen LogP contribution in [-0.4, -0.2) is 11.9 Å². The Balaban J connectivity index is 2.33. The summed E-state index contributed by atoms with van der Waals surface area (Å²) in [4.78, 5) is 24.0. The predicted octanol–water partition coefficient (Wildman–Crippen LogP) is 6.80. The SMILES string of the molecule is CC(C)=CCCCCC(=O)Oc1ccc(OC(=O)CC(C)CCC=C(C)C)cc1. The Bertz CT molecular complexity index is 690. The second-order valence-electron chi connectivity index (χ2n) is 8.11. The van der Waals surface area contributed by atoms with Gasteiger partial charge in [0.1, 0.15) is 11.5 Å². The predicted molar refractivity (Wildman–Crippen MR) is 118 cm³/mol.